The molecule has 10 heteroatoms. The molecule has 0 atom stereocenters. The molecule has 4 rings (SSSR count). The molecule has 0 bridgehead atoms. The van der Waals surface area contributed by atoms with E-state index in [2.05, 4.69) is 10.3 Å². The molecule has 0 aliphatic heterocycles. The number of nitrogens with one attached hydrogen (secondary N) is 1. The molecule has 146 valence electrons. The summed E-state index contributed by atoms with van der Waals surface area (Å²) in [6.07, 6.45) is 3.83. The topological polar surface area (TPSA) is 111 Å². The molecule has 1 amide bonds. The van der Waals surface area contributed by atoms with Gasteiger partial charge in [0, 0.05) is 4.88 Å². The van der Waals surface area contributed by atoms with Gasteiger partial charge in [-0.3, -0.25) is 9.59 Å². The van der Waals surface area contributed by atoms with Crippen LogP contribution >= 0.6 is 11.3 Å². The number of carbonyl (C=O) groups excluding carboxylic acids is 1. The van der Waals surface area contributed by atoms with Gasteiger partial charge in [-0.1, -0.05) is 22.9 Å². The van der Waals surface area contributed by atoms with Gasteiger partial charge < -0.3 is 0 Å². The SMILES string of the molecule is Cc1ccc(S(=O)(=O)NC(=O)Cn2nnc3sc4c(c3c2=O)CCCC4)cc1. The minimum absolute atomic E-state index is 0.0211. The van der Waals surface area contributed by atoms with Crippen LogP contribution in [0.3, 0.4) is 0 Å². The number of hydrogen-bond donors (Lipinski definition) is 1. The van der Waals surface area contributed by atoms with E-state index >= 15 is 0 Å². The molecule has 1 aromatic carbocycles. The van der Waals surface area contributed by atoms with Crippen LogP contribution in [0.4, 0.5) is 0 Å². The van der Waals surface area contributed by atoms with Crippen LogP contribution in [0.2, 0.25) is 0 Å². The second-order valence-electron chi connectivity index (χ2n) is 6.79. The maximum atomic E-state index is 12.8. The van der Waals surface area contributed by atoms with Crippen LogP contribution in [0.15, 0.2) is 34.0 Å². The lowest BCUT2D eigenvalue weighted by atomic mass is 9.97. The number of fused-ring (bicyclic) bond motifs is 3. The fraction of sp³-hybridized carbons (Fsp3) is 0.333. The highest BCUT2D eigenvalue weighted by Gasteiger charge is 2.22. The summed E-state index contributed by atoms with van der Waals surface area (Å²) in [6, 6.07) is 6.12. The molecule has 0 saturated carbocycles. The van der Waals surface area contributed by atoms with E-state index in [1.54, 1.807) is 12.1 Å². The van der Waals surface area contributed by atoms with Crippen molar-refractivity contribution in [1.82, 2.24) is 19.7 Å². The quantitative estimate of drug-likeness (QED) is 0.688. The van der Waals surface area contributed by atoms with Crippen molar-refractivity contribution in [2.75, 3.05) is 0 Å². The van der Waals surface area contributed by atoms with Crippen LogP contribution in [-0.2, 0) is 34.2 Å². The van der Waals surface area contributed by atoms with Gasteiger partial charge in [0.25, 0.3) is 21.5 Å². The number of carbonyl (C=O) groups is 1. The molecule has 1 N–H and O–H groups in total. The highest BCUT2D eigenvalue weighted by Crippen LogP contribution is 2.33. The highest BCUT2D eigenvalue weighted by molar-refractivity contribution is 7.90. The number of aryl methyl sites for hydroxylation is 3. The first-order valence-electron chi connectivity index (χ1n) is 8.85. The van der Waals surface area contributed by atoms with E-state index in [9.17, 15) is 18.0 Å². The summed E-state index contributed by atoms with van der Waals surface area (Å²) in [5, 5.41) is 8.38. The van der Waals surface area contributed by atoms with E-state index in [4.69, 9.17) is 0 Å². The smallest absolute Gasteiger partial charge is 0.272 e. The van der Waals surface area contributed by atoms with E-state index in [-0.39, 0.29) is 4.90 Å². The standard InChI is InChI=1S/C18H18N4O4S2/c1-11-6-8-12(9-7-11)28(25,26)20-15(23)10-22-18(24)16-13-4-2-3-5-14(13)27-17(16)19-21-22/h6-9H,2-5,10H2,1H3,(H,20,23). The Morgan fingerprint density at radius 1 is 1.21 bits per heavy atom. The molecule has 1 aliphatic rings. The number of aromatic nitrogens is 3. The first kappa shape index (κ1) is 18.8. The normalized spacial score (nSPS) is 14.0. The average Bonchev–Trinajstić information content (AvgIpc) is 3.03. The largest absolute Gasteiger partial charge is 0.279 e. The van der Waals surface area contributed by atoms with Gasteiger partial charge in [0.1, 0.15) is 6.54 Å². The van der Waals surface area contributed by atoms with Crippen molar-refractivity contribution in [2.45, 2.75) is 44.0 Å². The second-order valence-corrected chi connectivity index (χ2v) is 9.55. The van der Waals surface area contributed by atoms with Gasteiger partial charge in [-0.05, 0) is 50.3 Å². The number of thiophene rings is 1. The predicted molar refractivity (Wildman–Crippen MR) is 105 cm³/mol. The monoisotopic (exact) mass is 418 g/mol. The van der Waals surface area contributed by atoms with Crippen molar-refractivity contribution in [2.24, 2.45) is 0 Å². The highest BCUT2D eigenvalue weighted by atomic mass is 32.2. The Labute approximate surface area is 165 Å². The number of amides is 1. The molecule has 0 saturated heterocycles. The zero-order chi connectivity index (χ0) is 19.9. The van der Waals surface area contributed by atoms with Gasteiger partial charge in [-0.25, -0.2) is 17.8 Å². The minimum atomic E-state index is -4.02. The summed E-state index contributed by atoms with van der Waals surface area (Å²) < 4.78 is 27.6. The fourth-order valence-electron chi connectivity index (χ4n) is 3.30. The molecular formula is C18H18N4O4S2. The molecule has 3 aromatic rings. The molecule has 1 aliphatic carbocycles. The maximum absolute atomic E-state index is 12.8. The Bertz CT molecular complexity index is 1230. The summed E-state index contributed by atoms with van der Waals surface area (Å²) in [4.78, 5) is 26.8. The van der Waals surface area contributed by atoms with E-state index < -0.39 is 28.0 Å². The number of nitrogens with zero attached hydrogens (tertiary/aromatic N) is 3. The van der Waals surface area contributed by atoms with Gasteiger partial charge in [0.05, 0.1) is 10.3 Å². The molecule has 0 radical (unpaired) electrons. The van der Waals surface area contributed by atoms with Gasteiger partial charge in [-0.2, -0.15) is 0 Å². The molecule has 2 aromatic heterocycles. The molecule has 0 fully saturated rings. The van der Waals surface area contributed by atoms with Gasteiger partial charge in [0.2, 0.25) is 0 Å². The van der Waals surface area contributed by atoms with Crippen LogP contribution < -0.4 is 10.3 Å². The molecule has 0 spiro atoms. The van der Waals surface area contributed by atoms with Crippen molar-refractivity contribution in [3.05, 3.63) is 50.6 Å². The number of sulfonamides is 1. The third-order valence-electron chi connectivity index (χ3n) is 4.72. The average molecular weight is 419 g/mol. The Morgan fingerprint density at radius 2 is 1.93 bits per heavy atom. The van der Waals surface area contributed by atoms with Gasteiger partial charge in [0.15, 0.2) is 4.83 Å². The Morgan fingerprint density at radius 3 is 2.68 bits per heavy atom. The summed E-state index contributed by atoms with van der Waals surface area (Å²) in [7, 11) is -4.02. The van der Waals surface area contributed by atoms with Crippen molar-refractivity contribution in [3.8, 4) is 0 Å². The summed E-state index contributed by atoms with van der Waals surface area (Å²) >= 11 is 1.47. The Balaban J connectivity index is 1.59. The van der Waals surface area contributed by atoms with Crippen LogP contribution in [0, 0.1) is 6.92 Å². The molecule has 2 heterocycles. The number of benzene rings is 1. The number of hydrogen-bond acceptors (Lipinski definition) is 7. The van der Waals surface area contributed by atoms with E-state index in [0.717, 1.165) is 46.4 Å². The van der Waals surface area contributed by atoms with Gasteiger partial charge >= 0.3 is 0 Å². The van der Waals surface area contributed by atoms with Crippen LogP contribution in [0.5, 0.6) is 0 Å². The zero-order valence-electron chi connectivity index (χ0n) is 15.1. The van der Waals surface area contributed by atoms with Gasteiger partial charge in [-0.15, -0.1) is 16.4 Å². The van der Waals surface area contributed by atoms with Crippen molar-refractivity contribution in [1.29, 1.82) is 0 Å². The third-order valence-corrected chi connectivity index (χ3v) is 7.28. The zero-order valence-corrected chi connectivity index (χ0v) is 16.8. The molecule has 28 heavy (non-hydrogen) atoms. The van der Waals surface area contributed by atoms with E-state index in [1.165, 1.54) is 23.5 Å². The van der Waals surface area contributed by atoms with Crippen molar-refractivity contribution < 1.29 is 13.2 Å². The molecular weight excluding hydrogens is 400 g/mol. The predicted octanol–water partition coefficient (Wildman–Crippen LogP) is 1.55. The van der Waals surface area contributed by atoms with Crippen LogP contribution in [0.1, 0.15) is 28.8 Å². The molecule has 8 nitrogen and oxygen atoms in total. The van der Waals surface area contributed by atoms with Crippen molar-refractivity contribution >= 4 is 37.5 Å². The first-order chi connectivity index (χ1) is 13.3. The first-order valence-corrected chi connectivity index (χ1v) is 11.2. The fourth-order valence-corrected chi connectivity index (χ4v) is 5.48. The third kappa shape index (κ3) is 3.45. The summed E-state index contributed by atoms with van der Waals surface area (Å²) in [6.45, 7) is 1.32. The van der Waals surface area contributed by atoms with Crippen LogP contribution in [-0.4, -0.2) is 29.3 Å². The minimum Gasteiger partial charge on any atom is -0.272 e. The Kier molecular flexibility index (Phi) is 4.76. The van der Waals surface area contributed by atoms with Crippen molar-refractivity contribution in [3.63, 3.8) is 0 Å². The Hall–Kier alpha value is -2.59. The van der Waals surface area contributed by atoms with Crippen LogP contribution in [0.25, 0.3) is 10.2 Å². The lowest BCUT2D eigenvalue weighted by Gasteiger charge is -2.10. The van der Waals surface area contributed by atoms with E-state index in [0.29, 0.717) is 10.2 Å². The second kappa shape index (κ2) is 7.10. The van der Waals surface area contributed by atoms with E-state index in [1.807, 2.05) is 11.6 Å². The number of rotatable bonds is 4. The summed E-state index contributed by atoms with van der Waals surface area (Å²) in [5.74, 6) is -0.847. The maximum Gasteiger partial charge on any atom is 0.279 e. The lowest BCUT2D eigenvalue weighted by molar-refractivity contribution is -0.120. The summed E-state index contributed by atoms with van der Waals surface area (Å²) in [5.41, 5.74) is 1.49. The molecule has 0 unspecified atom stereocenters. The lowest BCUT2D eigenvalue weighted by Crippen LogP contribution is -2.37.